The van der Waals surface area contributed by atoms with E-state index in [1.807, 2.05) is 0 Å². The molecule has 2 N–H and O–H groups in total. The van der Waals surface area contributed by atoms with Crippen LogP contribution < -0.4 is 11.3 Å². The van der Waals surface area contributed by atoms with E-state index in [4.69, 9.17) is 13.6 Å². The lowest BCUT2D eigenvalue weighted by atomic mass is 10.1. The third-order valence-electron chi connectivity index (χ3n) is 1.51. The van der Waals surface area contributed by atoms with Crippen molar-refractivity contribution in [2.75, 3.05) is 12.3 Å². The molecule has 0 saturated carbocycles. The predicted octanol–water partition coefficient (Wildman–Crippen LogP) is -0.571. The van der Waals surface area contributed by atoms with E-state index in [1.54, 1.807) is 6.92 Å². The van der Waals surface area contributed by atoms with Gasteiger partial charge in [0, 0.05) is 17.9 Å². The smallest absolute Gasteiger partial charge is 0.330 e. The number of rotatable bonds is 3. The molecule has 0 amide bonds. The average Bonchev–Trinajstić information content (AvgIpc) is 2.17. The van der Waals surface area contributed by atoms with Crippen LogP contribution in [0.2, 0.25) is 0 Å². The molecule has 0 unspecified atom stereocenters. The third-order valence-corrected chi connectivity index (χ3v) is 1.51. The SMILES string of the molecule is [B]c1cnc(/C=C/C(=O)OCC)c(N)n1. The van der Waals surface area contributed by atoms with Crippen molar-refractivity contribution in [3.8, 4) is 0 Å². The summed E-state index contributed by atoms with van der Waals surface area (Å²) in [6.45, 7) is 2.05. The van der Waals surface area contributed by atoms with E-state index in [0.29, 0.717) is 12.3 Å². The van der Waals surface area contributed by atoms with Gasteiger partial charge < -0.3 is 10.5 Å². The molecule has 1 aromatic rings. The van der Waals surface area contributed by atoms with Gasteiger partial charge in [-0.1, -0.05) is 0 Å². The van der Waals surface area contributed by atoms with Gasteiger partial charge in [-0.25, -0.2) is 9.78 Å². The monoisotopic (exact) mass is 203 g/mol. The molecule has 76 valence electrons. The zero-order chi connectivity index (χ0) is 11.3. The largest absolute Gasteiger partial charge is 0.463 e. The first-order chi connectivity index (χ1) is 7.13. The van der Waals surface area contributed by atoms with Crippen molar-refractivity contribution in [2.45, 2.75) is 6.92 Å². The molecule has 5 nitrogen and oxygen atoms in total. The Balaban J connectivity index is 2.76. The van der Waals surface area contributed by atoms with E-state index < -0.39 is 5.97 Å². The molecule has 1 rings (SSSR count). The van der Waals surface area contributed by atoms with Crippen molar-refractivity contribution < 1.29 is 9.53 Å². The normalized spacial score (nSPS) is 10.5. The summed E-state index contributed by atoms with van der Waals surface area (Å²) in [6, 6.07) is 0. The van der Waals surface area contributed by atoms with E-state index in [-0.39, 0.29) is 11.4 Å². The van der Waals surface area contributed by atoms with Crippen LogP contribution in [0.4, 0.5) is 5.82 Å². The Hall–Kier alpha value is -1.85. The maximum atomic E-state index is 11.0. The molecule has 1 heterocycles. The van der Waals surface area contributed by atoms with Crippen molar-refractivity contribution >= 4 is 31.3 Å². The van der Waals surface area contributed by atoms with Gasteiger partial charge in [0.05, 0.1) is 6.61 Å². The summed E-state index contributed by atoms with van der Waals surface area (Å²) >= 11 is 0. The standard InChI is InChI=1S/C9H10BN3O2/c1-2-15-8(14)4-3-6-9(11)13-7(10)5-12-6/h3-5H,2H2,1H3,(H2,11,13)/b4-3+. The van der Waals surface area contributed by atoms with Crippen LogP contribution in [0.3, 0.4) is 0 Å². The second kappa shape index (κ2) is 5.14. The zero-order valence-corrected chi connectivity index (χ0v) is 8.30. The lowest BCUT2D eigenvalue weighted by Gasteiger charge is -1.99. The lowest BCUT2D eigenvalue weighted by molar-refractivity contribution is -0.137. The highest BCUT2D eigenvalue weighted by Crippen LogP contribution is 2.03. The third kappa shape index (κ3) is 3.42. The van der Waals surface area contributed by atoms with Gasteiger partial charge in [0.25, 0.3) is 0 Å². The quantitative estimate of drug-likeness (QED) is 0.404. The summed E-state index contributed by atoms with van der Waals surface area (Å²) in [5.41, 5.74) is 6.15. The molecule has 0 bridgehead atoms. The summed E-state index contributed by atoms with van der Waals surface area (Å²) < 4.78 is 4.69. The fourth-order valence-corrected chi connectivity index (χ4v) is 0.893. The number of ether oxygens (including phenoxy) is 1. The predicted molar refractivity (Wildman–Crippen MR) is 57.5 cm³/mol. The topological polar surface area (TPSA) is 78.1 Å². The van der Waals surface area contributed by atoms with Crippen LogP contribution in [-0.2, 0) is 9.53 Å². The Kier molecular flexibility index (Phi) is 3.85. The van der Waals surface area contributed by atoms with Gasteiger partial charge in [-0.3, -0.25) is 4.98 Å². The summed E-state index contributed by atoms with van der Waals surface area (Å²) in [6.07, 6.45) is 4.03. The van der Waals surface area contributed by atoms with E-state index >= 15 is 0 Å². The Bertz CT molecular complexity index is 393. The van der Waals surface area contributed by atoms with Crippen LogP contribution in [-0.4, -0.2) is 30.4 Å². The molecule has 0 aromatic carbocycles. The molecule has 15 heavy (non-hydrogen) atoms. The number of esters is 1. The summed E-state index contributed by atoms with van der Waals surface area (Å²) in [5, 5.41) is 0. The number of nitrogen functional groups attached to an aromatic ring is 1. The van der Waals surface area contributed by atoms with Crippen molar-refractivity contribution in [1.82, 2.24) is 9.97 Å². The number of nitrogens with zero attached hydrogens (tertiary/aromatic N) is 2. The van der Waals surface area contributed by atoms with Crippen molar-refractivity contribution in [3.05, 3.63) is 18.0 Å². The van der Waals surface area contributed by atoms with E-state index in [0.717, 1.165) is 0 Å². The molecule has 0 fully saturated rings. The molecule has 0 aliphatic rings. The van der Waals surface area contributed by atoms with Crippen LogP contribution in [0.5, 0.6) is 0 Å². The van der Waals surface area contributed by atoms with Crippen LogP contribution in [0.1, 0.15) is 12.6 Å². The van der Waals surface area contributed by atoms with Crippen molar-refractivity contribution in [1.29, 1.82) is 0 Å². The molecule has 0 aliphatic carbocycles. The molecule has 6 heteroatoms. The molecular formula is C9H10BN3O2. The second-order valence-electron chi connectivity index (χ2n) is 2.65. The molecule has 2 radical (unpaired) electrons. The fraction of sp³-hybridized carbons (Fsp3) is 0.222. The van der Waals surface area contributed by atoms with Crippen LogP contribution in [0.15, 0.2) is 12.3 Å². The van der Waals surface area contributed by atoms with E-state index in [1.165, 1.54) is 18.3 Å². The first-order valence-electron chi connectivity index (χ1n) is 4.36. The molecule has 0 saturated heterocycles. The summed E-state index contributed by atoms with van der Waals surface area (Å²) in [7, 11) is 5.36. The van der Waals surface area contributed by atoms with Gasteiger partial charge in [0.1, 0.15) is 19.4 Å². The molecule has 0 atom stereocenters. The van der Waals surface area contributed by atoms with Gasteiger partial charge in [-0.15, -0.1) is 0 Å². The highest BCUT2D eigenvalue weighted by molar-refractivity contribution is 6.30. The maximum Gasteiger partial charge on any atom is 0.330 e. The Morgan fingerprint density at radius 2 is 2.47 bits per heavy atom. The van der Waals surface area contributed by atoms with Crippen LogP contribution >= 0.6 is 0 Å². The highest BCUT2D eigenvalue weighted by Gasteiger charge is 2.00. The first kappa shape index (κ1) is 11.2. The number of nitrogens with two attached hydrogens (primary N) is 1. The molecule has 0 aliphatic heterocycles. The first-order valence-corrected chi connectivity index (χ1v) is 4.36. The van der Waals surface area contributed by atoms with Gasteiger partial charge in [-0.2, -0.15) is 0 Å². The Morgan fingerprint density at radius 1 is 1.73 bits per heavy atom. The van der Waals surface area contributed by atoms with Crippen molar-refractivity contribution in [3.63, 3.8) is 0 Å². The van der Waals surface area contributed by atoms with Gasteiger partial charge in [0.15, 0.2) is 0 Å². The average molecular weight is 203 g/mol. The number of hydrogen-bond acceptors (Lipinski definition) is 5. The van der Waals surface area contributed by atoms with Crippen LogP contribution in [0.25, 0.3) is 6.08 Å². The second-order valence-corrected chi connectivity index (χ2v) is 2.65. The lowest BCUT2D eigenvalue weighted by Crippen LogP contribution is -2.13. The number of aromatic nitrogens is 2. The minimum Gasteiger partial charge on any atom is -0.463 e. The maximum absolute atomic E-state index is 11.0. The fourth-order valence-electron chi connectivity index (χ4n) is 0.893. The number of carbonyl (C=O) groups excluding carboxylic acids is 1. The molecule has 1 aromatic heterocycles. The number of anilines is 1. The van der Waals surface area contributed by atoms with E-state index in [2.05, 4.69) is 14.7 Å². The highest BCUT2D eigenvalue weighted by atomic mass is 16.5. The van der Waals surface area contributed by atoms with Gasteiger partial charge >= 0.3 is 5.97 Å². The molecule has 0 spiro atoms. The van der Waals surface area contributed by atoms with Gasteiger partial charge in [-0.05, 0) is 13.0 Å². The number of hydrogen-bond donors (Lipinski definition) is 1. The van der Waals surface area contributed by atoms with Gasteiger partial charge in [0.2, 0.25) is 0 Å². The number of carbonyl (C=O) groups is 1. The Morgan fingerprint density at radius 3 is 3.07 bits per heavy atom. The summed E-state index contributed by atoms with van der Waals surface area (Å²) in [5.74, 6) is -0.272. The summed E-state index contributed by atoms with van der Waals surface area (Å²) in [4.78, 5) is 18.7. The van der Waals surface area contributed by atoms with Crippen LogP contribution in [0, 0.1) is 0 Å². The minimum atomic E-state index is -0.449. The minimum absolute atomic E-state index is 0.176. The van der Waals surface area contributed by atoms with E-state index in [9.17, 15) is 4.79 Å². The molecular weight excluding hydrogens is 193 g/mol. The zero-order valence-electron chi connectivity index (χ0n) is 8.30. The Labute approximate surface area is 88.8 Å². The van der Waals surface area contributed by atoms with Crippen molar-refractivity contribution in [2.24, 2.45) is 0 Å².